The van der Waals surface area contributed by atoms with E-state index < -0.39 is 11.6 Å². The summed E-state index contributed by atoms with van der Waals surface area (Å²) in [5, 5.41) is 7.30. The Labute approximate surface area is 237 Å². The Bertz CT molecular complexity index is 1430. The highest BCUT2D eigenvalue weighted by Crippen LogP contribution is 2.39. The van der Waals surface area contributed by atoms with Crippen molar-refractivity contribution in [1.82, 2.24) is 19.9 Å². The third-order valence-electron chi connectivity index (χ3n) is 7.63. The Kier molecular flexibility index (Phi) is 8.60. The monoisotopic (exact) mass is 568 g/mol. The first kappa shape index (κ1) is 28.6. The van der Waals surface area contributed by atoms with Gasteiger partial charge < -0.3 is 29.7 Å². The summed E-state index contributed by atoms with van der Waals surface area (Å²) in [6.45, 7) is 6.24. The van der Waals surface area contributed by atoms with E-state index in [1.165, 1.54) is 20.3 Å². The van der Waals surface area contributed by atoms with Crippen molar-refractivity contribution in [3.63, 3.8) is 0 Å². The van der Waals surface area contributed by atoms with Gasteiger partial charge in [0.15, 0.2) is 34.7 Å². The van der Waals surface area contributed by atoms with Crippen LogP contribution >= 0.6 is 0 Å². The summed E-state index contributed by atoms with van der Waals surface area (Å²) >= 11 is 0. The molecule has 3 atom stereocenters. The van der Waals surface area contributed by atoms with Crippen LogP contribution < -0.4 is 20.1 Å². The van der Waals surface area contributed by atoms with Gasteiger partial charge in [0, 0.05) is 43.3 Å². The molecule has 3 aromatic rings. The second-order valence-electron chi connectivity index (χ2n) is 10.4. The number of carbonyl (C=O) groups is 1. The van der Waals surface area contributed by atoms with Crippen molar-refractivity contribution in [1.29, 1.82) is 0 Å². The maximum atomic E-state index is 15.4. The van der Waals surface area contributed by atoms with Crippen molar-refractivity contribution in [3.05, 3.63) is 42.6 Å². The molecule has 4 heterocycles. The molecule has 12 heteroatoms. The molecule has 2 saturated heterocycles. The third kappa shape index (κ3) is 6.08. The van der Waals surface area contributed by atoms with Crippen LogP contribution in [0.15, 0.2) is 31.0 Å². The van der Waals surface area contributed by atoms with E-state index in [9.17, 15) is 4.79 Å². The maximum Gasteiger partial charge on any atom is 0.223 e. The number of hydrogen-bond donors (Lipinski definition) is 2. The second-order valence-corrected chi connectivity index (χ2v) is 10.4. The molecule has 0 spiro atoms. The first-order valence-corrected chi connectivity index (χ1v) is 13.5. The van der Waals surface area contributed by atoms with Gasteiger partial charge in [-0.15, -0.1) is 0 Å². The number of ketones is 1. The number of fused-ring (bicyclic) bond motifs is 1. The molecule has 2 aliphatic rings. The Hall–Kier alpha value is -3.90. The summed E-state index contributed by atoms with van der Waals surface area (Å²) in [5.74, 6) is -1.38. The number of ether oxygens (including phenoxy) is 3. The highest BCUT2D eigenvalue weighted by molar-refractivity contribution is 5.92. The number of carbonyl (C=O) groups excluding carboxylic acids is 1. The van der Waals surface area contributed by atoms with E-state index in [0.29, 0.717) is 42.3 Å². The number of pyridine rings is 1. The molecule has 1 aromatic carbocycles. The maximum absolute atomic E-state index is 15.4. The van der Waals surface area contributed by atoms with E-state index in [-0.39, 0.29) is 46.5 Å². The molecule has 1 unspecified atom stereocenters. The highest BCUT2D eigenvalue weighted by Gasteiger charge is 2.29. The largest absolute Gasteiger partial charge is 0.494 e. The number of anilines is 2. The number of nitrogens with zero attached hydrogens (tertiary/aromatic N) is 4. The molecule has 5 rings (SSSR count). The van der Waals surface area contributed by atoms with E-state index in [1.54, 1.807) is 12.3 Å². The van der Waals surface area contributed by atoms with Crippen molar-refractivity contribution in [3.8, 4) is 22.8 Å². The van der Waals surface area contributed by atoms with Gasteiger partial charge >= 0.3 is 0 Å². The zero-order chi connectivity index (χ0) is 29.1. The van der Waals surface area contributed by atoms with Crippen LogP contribution in [0.1, 0.15) is 19.3 Å². The van der Waals surface area contributed by atoms with Crippen LogP contribution in [0.4, 0.5) is 20.5 Å². The van der Waals surface area contributed by atoms with Gasteiger partial charge in [0.05, 0.1) is 38.1 Å². The lowest BCUT2D eigenvalue weighted by molar-refractivity contribution is -0.116. The standard InChI is InChI=1S/C29H34F2N6O4/c1-5-19(38)10-16-7-9-41-15-21(16)35-29-32-13-17-11-20(24-25(30)22(39-3)12-23(40-4)26(24)31)34-28(27(17)36-29)33-18-6-8-37(2)14-18/h5,11-13,16,18,21H,1,6-10,14-15H2,2-4H3,(H,33,34)(H,32,35,36)/t16-,18?,21-/m1/s1. The molecule has 10 nitrogen and oxygen atoms in total. The number of halogens is 2. The quantitative estimate of drug-likeness (QED) is 0.348. The molecular formula is C29H34F2N6O4. The number of benzene rings is 1. The lowest BCUT2D eigenvalue weighted by atomic mass is 9.90. The Balaban J connectivity index is 1.56. The fourth-order valence-electron chi connectivity index (χ4n) is 5.39. The SMILES string of the molecule is C=CC(=O)C[C@H]1CCOC[C@H]1Nc1ncc2cc(-c3c(F)c(OC)cc(OC)c3F)nc(NC3CCN(C)C3)c2n1. The average Bonchev–Trinajstić information content (AvgIpc) is 3.38. The van der Waals surface area contributed by atoms with Crippen molar-refractivity contribution in [2.24, 2.45) is 5.92 Å². The fraction of sp³-hybridized carbons (Fsp3) is 0.448. The van der Waals surface area contributed by atoms with Crippen LogP contribution in [-0.4, -0.2) is 85.3 Å². The van der Waals surface area contributed by atoms with E-state index in [0.717, 1.165) is 32.0 Å². The van der Waals surface area contributed by atoms with Gasteiger partial charge in [0.25, 0.3) is 0 Å². The first-order chi connectivity index (χ1) is 19.8. The lowest BCUT2D eigenvalue weighted by Crippen LogP contribution is -2.40. The predicted molar refractivity (Wildman–Crippen MR) is 151 cm³/mol. The van der Waals surface area contributed by atoms with Crippen LogP contribution in [0.5, 0.6) is 11.5 Å². The minimum atomic E-state index is -0.888. The molecule has 2 aromatic heterocycles. The number of hydrogen-bond acceptors (Lipinski definition) is 10. The first-order valence-electron chi connectivity index (χ1n) is 13.5. The van der Waals surface area contributed by atoms with E-state index in [2.05, 4.69) is 32.1 Å². The Morgan fingerprint density at radius 3 is 2.59 bits per heavy atom. The molecule has 218 valence electrons. The van der Waals surface area contributed by atoms with Gasteiger partial charge in [-0.3, -0.25) is 4.79 Å². The summed E-state index contributed by atoms with van der Waals surface area (Å²) < 4.78 is 46.8. The normalized spacial score (nSPS) is 21.0. The van der Waals surface area contributed by atoms with Crippen LogP contribution in [0.25, 0.3) is 22.2 Å². The molecule has 0 saturated carbocycles. The Morgan fingerprint density at radius 1 is 1.17 bits per heavy atom. The number of likely N-dealkylation sites (N-methyl/N-ethyl adjacent to an activating group) is 1. The molecular weight excluding hydrogens is 534 g/mol. The summed E-state index contributed by atoms with van der Waals surface area (Å²) in [6.07, 6.45) is 4.87. The number of nitrogens with one attached hydrogen (secondary N) is 2. The van der Waals surface area contributed by atoms with Gasteiger partial charge in [-0.1, -0.05) is 6.58 Å². The number of methoxy groups -OCH3 is 2. The van der Waals surface area contributed by atoms with Gasteiger partial charge in [-0.25, -0.2) is 23.7 Å². The zero-order valence-electron chi connectivity index (χ0n) is 23.4. The van der Waals surface area contributed by atoms with Gasteiger partial charge in [0.2, 0.25) is 5.95 Å². The summed E-state index contributed by atoms with van der Waals surface area (Å²) in [7, 11) is 4.63. The smallest absolute Gasteiger partial charge is 0.223 e. The van der Waals surface area contributed by atoms with Crippen LogP contribution in [-0.2, 0) is 9.53 Å². The van der Waals surface area contributed by atoms with Crippen molar-refractivity contribution < 1.29 is 27.8 Å². The predicted octanol–water partition coefficient (Wildman–Crippen LogP) is 4.07. The van der Waals surface area contributed by atoms with Crippen molar-refractivity contribution in [2.75, 3.05) is 58.2 Å². The van der Waals surface area contributed by atoms with E-state index in [1.807, 2.05) is 7.05 Å². The zero-order valence-corrected chi connectivity index (χ0v) is 23.4. The fourth-order valence-corrected chi connectivity index (χ4v) is 5.39. The molecule has 2 N–H and O–H groups in total. The molecule has 41 heavy (non-hydrogen) atoms. The molecule has 0 radical (unpaired) electrons. The van der Waals surface area contributed by atoms with Crippen molar-refractivity contribution >= 4 is 28.5 Å². The molecule has 0 aliphatic carbocycles. The lowest BCUT2D eigenvalue weighted by Gasteiger charge is -2.31. The van der Waals surface area contributed by atoms with Crippen molar-refractivity contribution in [2.45, 2.75) is 31.3 Å². The average molecular weight is 569 g/mol. The van der Waals surface area contributed by atoms with Crippen LogP contribution in [0.3, 0.4) is 0 Å². The number of likely N-dealkylation sites (tertiary alicyclic amines) is 1. The van der Waals surface area contributed by atoms with E-state index >= 15 is 8.78 Å². The highest BCUT2D eigenvalue weighted by atomic mass is 19.1. The topological polar surface area (TPSA) is 111 Å². The number of allylic oxidation sites excluding steroid dienone is 1. The van der Waals surface area contributed by atoms with Crippen LogP contribution in [0.2, 0.25) is 0 Å². The minimum Gasteiger partial charge on any atom is -0.494 e. The van der Waals surface area contributed by atoms with Gasteiger partial charge in [-0.05, 0) is 44.5 Å². The third-order valence-corrected chi connectivity index (χ3v) is 7.63. The summed E-state index contributed by atoms with van der Waals surface area (Å²) in [5.41, 5.74) is 0.171. The van der Waals surface area contributed by atoms with Gasteiger partial charge in [0.1, 0.15) is 5.52 Å². The summed E-state index contributed by atoms with van der Waals surface area (Å²) in [6, 6.07) is 2.59. The second kappa shape index (κ2) is 12.3. The molecule has 0 amide bonds. The van der Waals surface area contributed by atoms with E-state index in [4.69, 9.17) is 19.2 Å². The van der Waals surface area contributed by atoms with Gasteiger partial charge in [-0.2, -0.15) is 0 Å². The summed E-state index contributed by atoms with van der Waals surface area (Å²) in [4.78, 5) is 28.1. The molecule has 2 fully saturated rings. The molecule has 2 aliphatic heterocycles. The molecule has 0 bridgehead atoms. The Morgan fingerprint density at radius 2 is 1.93 bits per heavy atom. The van der Waals surface area contributed by atoms with Crippen LogP contribution in [0, 0.1) is 17.6 Å². The minimum absolute atomic E-state index is 0.0264. The number of aromatic nitrogens is 3. The number of rotatable bonds is 10.